The lowest BCUT2D eigenvalue weighted by atomic mass is 9.81. The maximum absolute atomic E-state index is 14.0. The molecule has 1 saturated heterocycles. The van der Waals surface area contributed by atoms with Crippen LogP contribution in [0.25, 0.3) is 0 Å². The molecule has 1 fully saturated rings. The van der Waals surface area contributed by atoms with Crippen molar-refractivity contribution < 1.29 is 9.13 Å². The third-order valence-corrected chi connectivity index (χ3v) is 4.84. The van der Waals surface area contributed by atoms with Gasteiger partial charge in [-0.25, -0.2) is 4.39 Å². The average molecular weight is 300 g/mol. The Hall–Kier alpha value is -0.640. The molecule has 5 unspecified atom stereocenters. The van der Waals surface area contributed by atoms with Crippen LogP contribution in [0.3, 0.4) is 0 Å². The SMILES string of the molecule is CNC(Cc1ccc(Cl)cc1F)C1C(C)OC(C)C1C. The first kappa shape index (κ1) is 15.7. The Morgan fingerprint density at radius 1 is 1.30 bits per heavy atom. The largest absolute Gasteiger partial charge is 0.375 e. The molecule has 1 N–H and O–H groups in total. The summed E-state index contributed by atoms with van der Waals surface area (Å²) in [7, 11) is 1.93. The molecule has 112 valence electrons. The van der Waals surface area contributed by atoms with E-state index in [-0.39, 0.29) is 24.1 Å². The van der Waals surface area contributed by atoms with Crippen LogP contribution in [0, 0.1) is 17.7 Å². The van der Waals surface area contributed by atoms with Crippen molar-refractivity contribution in [2.45, 2.75) is 45.4 Å². The zero-order chi connectivity index (χ0) is 14.9. The van der Waals surface area contributed by atoms with Crippen LogP contribution in [0.4, 0.5) is 4.39 Å². The number of nitrogens with one attached hydrogen (secondary N) is 1. The second-order valence-corrected chi connectivity index (χ2v) is 6.25. The van der Waals surface area contributed by atoms with Crippen molar-refractivity contribution in [3.05, 3.63) is 34.6 Å². The lowest BCUT2D eigenvalue weighted by Crippen LogP contribution is -2.41. The summed E-state index contributed by atoms with van der Waals surface area (Å²) in [6.07, 6.45) is 1.09. The van der Waals surface area contributed by atoms with Crippen molar-refractivity contribution in [2.24, 2.45) is 11.8 Å². The fourth-order valence-electron chi connectivity index (χ4n) is 3.34. The van der Waals surface area contributed by atoms with Gasteiger partial charge in [0, 0.05) is 17.0 Å². The van der Waals surface area contributed by atoms with Gasteiger partial charge in [0.2, 0.25) is 0 Å². The monoisotopic (exact) mass is 299 g/mol. The van der Waals surface area contributed by atoms with Crippen molar-refractivity contribution in [3.63, 3.8) is 0 Å². The Labute approximate surface area is 125 Å². The topological polar surface area (TPSA) is 21.3 Å². The van der Waals surface area contributed by atoms with Crippen LogP contribution in [0.15, 0.2) is 18.2 Å². The van der Waals surface area contributed by atoms with Gasteiger partial charge in [-0.1, -0.05) is 24.6 Å². The third-order valence-electron chi connectivity index (χ3n) is 4.61. The lowest BCUT2D eigenvalue weighted by Gasteiger charge is -2.29. The van der Waals surface area contributed by atoms with E-state index in [0.29, 0.717) is 28.8 Å². The molecule has 5 atom stereocenters. The van der Waals surface area contributed by atoms with E-state index >= 15 is 0 Å². The number of rotatable bonds is 4. The van der Waals surface area contributed by atoms with E-state index in [9.17, 15) is 4.39 Å². The van der Waals surface area contributed by atoms with E-state index in [2.05, 4.69) is 26.1 Å². The summed E-state index contributed by atoms with van der Waals surface area (Å²) < 4.78 is 19.9. The molecule has 0 bridgehead atoms. The molecule has 1 aliphatic heterocycles. The molecule has 4 heteroatoms. The summed E-state index contributed by atoms with van der Waals surface area (Å²) in [5, 5.41) is 3.77. The molecule has 2 rings (SSSR count). The molecule has 1 heterocycles. The maximum atomic E-state index is 14.0. The van der Waals surface area contributed by atoms with Crippen LogP contribution in [0.2, 0.25) is 5.02 Å². The van der Waals surface area contributed by atoms with Crippen LogP contribution in [0.5, 0.6) is 0 Å². The average Bonchev–Trinajstić information content (AvgIpc) is 2.63. The first-order valence-electron chi connectivity index (χ1n) is 7.20. The van der Waals surface area contributed by atoms with Gasteiger partial charge in [0.1, 0.15) is 5.82 Å². The van der Waals surface area contributed by atoms with Crippen LogP contribution >= 0.6 is 11.6 Å². The Bertz CT molecular complexity index is 468. The first-order chi connectivity index (χ1) is 9.43. The van der Waals surface area contributed by atoms with E-state index < -0.39 is 0 Å². The molecule has 0 amide bonds. The van der Waals surface area contributed by atoms with E-state index in [1.165, 1.54) is 6.07 Å². The van der Waals surface area contributed by atoms with Gasteiger partial charge in [-0.05, 0) is 50.9 Å². The van der Waals surface area contributed by atoms with Crippen molar-refractivity contribution in [2.75, 3.05) is 7.05 Å². The van der Waals surface area contributed by atoms with Crippen LogP contribution < -0.4 is 5.32 Å². The molecule has 0 spiro atoms. The summed E-state index contributed by atoms with van der Waals surface area (Å²) >= 11 is 5.80. The fraction of sp³-hybridized carbons (Fsp3) is 0.625. The first-order valence-corrected chi connectivity index (χ1v) is 7.58. The highest BCUT2D eigenvalue weighted by Gasteiger charge is 2.41. The van der Waals surface area contributed by atoms with Gasteiger partial charge in [0.05, 0.1) is 12.2 Å². The predicted molar refractivity (Wildman–Crippen MR) is 80.6 cm³/mol. The highest BCUT2D eigenvalue weighted by molar-refractivity contribution is 6.30. The molecular formula is C16H23ClFNO. The van der Waals surface area contributed by atoms with Gasteiger partial charge < -0.3 is 10.1 Å². The second-order valence-electron chi connectivity index (χ2n) is 5.82. The van der Waals surface area contributed by atoms with Crippen molar-refractivity contribution in [1.82, 2.24) is 5.32 Å². The van der Waals surface area contributed by atoms with Crippen molar-refractivity contribution in [3.8, 4) is 0 Å². The zero-order valence-corrected chi connectivity index (χ0v) is 13.2. The number of likely N-dealkylation sites (N-methyl/N-ethyl adjacent to an activating group) is 1. The summed E-state index contributed by atoms with van der Waals surface area (Å²) in [4.78, 5) is 0. The van der Waals surface area contributed by atoms with Crippen LogP contribution in [-0.4, -0.2) is 25.3 Å². The number of ether oxygens (including phenoxy) is 1. The van der Waals surface area contributed by atoms with Gasteiger partial charge in [-0.15, -0.1) is 0 Å². The van der Waals surface area contributed by atoms with E-state index in [4.69, 9.17) is 16.3 Å². The minimum Gasteiger partial charge on any atom is -0.375 e. The lowest BCUT2D eigenvalue weighted by molar-refractivity contribution is 0.0478. The Balaban J connectivity index is 2.16. The number of halogens is 2. The fourth-order valence-corrected chi connectivity index (χ4v) is 3.50. The van der Waals surface area contributed by atoms with Gasteiger partial charge in [0.25, 0.3) is 0 Å². The van der Waals surface area contributed by atoms with E-state index in [1.807, 2.05) is 7.05 Å². The highest BCUT2D eigenvalue weighted by atomic mass is 35.5. The predicted octanol–water partition coefficient (Wildman–Crippen LogP) is 3.67. The molecule has 0 radical (unpaired) electrons. The van der Waals surface area contributed by atoms with Crippen LogP contribution in [0.1, 0.15) is 26.3 Å². The highest BCUT2D eigenvalue weighted by Crippen LogP contribution is 2.35. The quantitative estimate of drug-likeness (QED) is 0.916. The Kier molecular flexibility index (Phi) is 5.05. The van der Waals surface area contributed by atoms with Gasteiger partial charge in [0.15, 0.2) is 0 Å². The molecule has 0 aliphatic carbocycles. The summed E-state index contributed by atoms with van der Waals surface area (Å²) in [6, 6.07) is 5.09. The standard InChI is InChI=1S/C16H23ClFNO/c1-9-10(2)20-11(3)16(9)15(19-4)7-12-5-6-13(17)8-14(12)18/h5-6,8-11,15-16,19H,7H2,1-4H3. The molecule has 0 saturated carbocycles. The molecule has 1 aromatic carbocycles. The van der Waals surface area contributed by atoms with E-state index in [1.54, 1.807) is 12.1 Å². The van der Waals surface area contributed by atoms with E-state index in [0.717, 1.165) is 0 Å². The minimum atomic E-state index is -0.231. The zero-order valence-electron chi connectivity index (χ0n) is 12.5. The number of hydrogen-bond donors (Lipinski definition) is 1. The van der Waals surface area contributed by atoms with Crippen molar-refractivity contribution >= 4 is 11.6 Å². The molecular weight excluding hydrogens is 277 g/mol. The van der Waals surface area contributed by atoms with Gasteiger partial charge in [-0.3, -0.25) is 0 Å². The van der Waals surface area contributed by atoms with Gasteiger partial charge in [-0.2, -0.15) is 0 Å². The number of benzene rings is 1. The van der Waals surface area contributed by atoms with Crippen molar-refractivity contribution in [1.29, 1.82) is 0 Å². The molecule has 0 aromatic heterocycles. The van der Waals surface area contributed by atoms with Gasteiger partial charge >= 0.3 is 0 Å². The molecule has 1 aliphatic rings. The Morgan fingerprint density at radius 2 is 2.00 bits per heavy atom. The molecule has 20 heavy (non-hydrogen) atoms. The molecule has 2 nitrogen and oxygen atoms in total. The summed E-state index contributed by atoms with van der Waals surface area (Å²) in [6.45, 7) is 6.42. The minimum absolute atomic E-state index is 0.188. The normalized spacial score (nSPS) is 31.5. The maximum Gasteiger partial charge on any atom is 0.127 e. The number of hydrogen-bond acceptors (Lipinski definition) is 2. The Morgan fingerprint density at radius 3 is 2.50 bits per heavy atom. The summed E-state index contributed by atoms with van der Waals surface area (Å²) in [5.74, 6) is 0.605. The third kappa shape index (κ3) is 3.16. The molecule has 1 aromatic rings. The van der Waals surface area contributed by atoms with Crippen LogP contribution in [-0.2, 0) is 11.2 Å². The smallest absolute Gasteiger partial charge is 0.127 e. The summed E-state index contributed by atoms with van der Waals surface area (Å²) in [5.41, 5.74) is 0.702. The second kappa shape index (κ2) is 6.42.